The molecule has 0 bridgehead atoms. The van der Waals surface area contributed by atoms with E-state index in [9.17, 15) is 0 Å². The maximum absolute atomic E-state index is 4.21. The Bertz CT molecular complexity index is 367. The van der Waals surface area contributed by atoms with Crippen LogP contribution in [0.15, 0.2) is 4.34 Å². The molecule has 0 amide bonds. The molecule has 1 aromatic heterocycles. The molecular weight excluding hydrogens is 264 g/mol. The fraction of sp³-hybridized carbons (Fsp3) is 0.833. The zero-order chi connectivity index (χ0) is 13.0. The number of nitrogens with one attached hydrogen (secondary N) is 1. The van der Waals surface area contributed by atoms with E-state index in [-0.39, 0.29) is 0 Å². The average Bonchev–Trinajstić information content (AvgIpc) is 2.97. The molecule has 1 aromatic rings. The average molecular weight is 286 g/mol. The van der Waals surface area contributed by atoms with Gasteiger partial charge in [-0.1, -0.05) is 29.5 Å². The minimum Gasteiger partial charge on any atom is -0.353 e. The molecule has 0 saturated heterocycles. The first-order valence-electron chi connectivity index (χ1n) is 6.51. The lowest BCUT2D eigenvalue weighted by molar-refractivity contribution is 0.417. The standard InChI is InChI=1S/C12H22N4S2/c1-13-10-6-4-5-9(10)7-8-17-12-15-14-11(18-12)16(2)3/h9-10,13H,4-8H2,1-3H3. The molecule has 1 aliphatic rings. The largest absolute Gasteiger partial charge is 0.353 e. The summed E-state index contributed by atoms with van der Waals surface area (Å²) in [4.78, 5) is 2.01. The van der Waals surface area contributed by atoms with Crippen LogP contribution in [0.1, 0.15) is 25.7 Å². The zero-order valence-electron chi connectivity index (χ0n) is 11.3. The number of thioether (sulfide) groups is 1. The Morgan fingerprint density at radius 1 is 1.39 bits per heavy atom. The molecule has 0 radical (unpaired) electrons. The van der Waals surface area contributed by atoms with Crippen molar-refractivity contribution in [2.24, 2.45) is 5.92 Å². The number of rotatable bonds is 6. The van der Waals surface area contributed by atoms with Crippen molar-refractivity contribution in [1.29, 1.82) is 0 Å². The third-order valence-corrected chi connectivity index (χ3v) is 5.78. The predicted molar refractivity (Wildman–Crippen MR) is 79.8 cm³/mol. The van der Waals surface area contributed by atoms with E-state index in [1.807, 2.05) is 30.8 Å². The number of nitrogens with zero attached hydrogens (tertiary/aromatic N) is 3. The first kappa shape index (κ1) is 14.1. The Balaban J connectivity index is 1.74. The van der Waals surface area contributed by atoms with Gasteiger partial charge in [0.15, 0.2) is 4.34 Å². The van der Waals surface area contributed by atoms with E-state index in [0.29, 0.717) is 0 Å². The third-order valence-electron chi connectivity index (χ3n) is 3.52. The molecule has 1 aliphatic carbocycles. The van der Waals surface area contributed by atoms with E-state index in [1.54, 1.807) is 11.3 Å². The monoisotopic (exact) mass is 286 g/mol. The highest BCUT2D eigenvalue weighted by molar-refractivity contribution is 8.01. The summed E-state index contributed by atoms with van der Waals surface area (Å²) in [5, 5.41) is 12.8. The van der Waals surface area contributed by atoms with Crippen LogP contribution in [-0.4, -0.2) is 43.1 Å². The van der Waals surface area contributed by atoms with Crippen molar-refractivity contribution in [2.45, 2.75) is 36.1 Å². The van der Waals surface area contributed by atoms with Gasteiger partial charge in [-0.2, -0.15) is 0 Å². The first-order valence-corrected chi connectivity index (χ1v) is 8.32. The molecule has 102 valence electrons. The van der Waals surface area contributed by atoms with Crippen LogP contribution >= 0.6 is 23.1 Å². The van der Waals surface area contributed by atoms with Crippen molar-refractivity contribution < 1.29 is 0 Å². The first-order chi connectivity index (χ1) is 8.70. The van der Waals surface area contributed by atoms with E-state index >= 15 is 0 Å². The summed E-state index contributed by atoms with van der Waals surface area (Å²) >= 11 is 3.53. The summed E-state index contributed by atoms with van der Waals surface area (Å²) in [5.74, 6) is 2.01. The van der Waals surface area contributed by atoms with Crippen molar-refractivity contribution in [1.82, 2.24) is 15.5 Å². The topological polar surface area (TPSA) is 41.1 Å². The van der Waals surface area contributed by atoms with Gasteiger partial charge in [-0.15, -0.1) is 10.2 Å². The molecule has 18 heavy (non-hydrogen) atoms. The molecule has 0 spiro atoms. The van der Waals surface area contributed by atoms with Crippen molar-refractivity contribution in [3.63, 3.8) is 0 Å². The Morgan fingerprint density at radius 3 is 2.89 bits per heavy atom. The van der Waals surface area contributed by atoms with Crippen molar-refractivity contribution in [3.05, 3.63) is 0 Å². The molecule has 6 heteroatoms. The van der Waals surface area contributed by atoms with Crippen LogP contribution < -0.4 is 10.2 Å². The lowest BCUT2D eigenvalue weighted by atomic mass is 10.0. The fourth-order valence-corrected chi connectivity index (χ4v) is 4.41. The Labute approximate surface area is 118 Å². The van der Waals surface area contributed by atoms with Gasteiger partial charge < -0.3 is 10.2 Å². The van der Waals surface area contributed by atoms with Gasteiger partial charge in [0, 0.05) is 25.9 Å². The zero-order valence-corrected chi connectivity index (χ0v) is 13.0. The van der Waals surface area contributed by atoms with Gasteiger partial charge in [-0.25, -0.2) is 0 Å². The lowest BCUT2D eigenvalue weighted by Crippen LogP contribution is -2.29. The molecule has 4 nitrogen and oxygen atoms in total. The molecule has 0 aromatic carbocycles. The summed E-state index contributed by atoms with van der Waals surface area (Å²) in [6.45, 7) is 0. The van der Waals surface area contributed by atoms with E-state index in [2.05, 4.69) is 22.6 Å². The van der Waals surface area contributed by atoms with Gasteiger partial charge in [0.1, 0.15) is 0 Å². The van der Waals surface area contributed by atoms with Crippen LogP contribution in [0.5, 0.6) is 0 Å². The van der Waals surface area contributed by atoms with Crippen LogP contribution in [-0.2, 0) is 0 Å². The Kier molecular flexibility index (Phi) is 5.26. The number of aromatic nitrogens is 2. The summed E-state index contributed by atoms with van der Waals surface area (Å²) < 4.78 is 1.10. The van der Waals surface area contributed by atoms with Gasteiger partial charge >= 0.3 is 0 Å². The molecule has 1 heterocycles. The fourth-order valence-electron chi connectivity index (χ4n) is 2.50. The van der Waals surface area contributed by atoms with Crippen LogP contribution in [0.3, 0.4) is 0 Å². The number of hydrogen-bond donors (Lipinski definition) is 1. The van der Waals surface area contributed by atoms with Crippen LogP contribution in [0.2, 0.25) is 0 Å². The molecule has 1 fully saturated rings. The van der Waals surface area contributed by atoms with Gasteiger partial charge in [-0.3, -0.25) is 0 Å². The van der Waals surface area contributed by atoms with Gasteiger partial charge in [0.2, 0.25) is 5.13 Å². The maximum Gasteiger partial charge on any atom is 0.208 e. The van der Waals surface area contributed by atoms with Gasteiger partial charge in [0.05, 0.1) is 0 Å². The van der Waals surface area contributed by atoms with Crippen molar-refractivity contribution >= 4 is 28.2 Å². The van der Waals surface area contributed by atoms with Crippen LogP contribution in [0.4, 0.5) is 5.13 Å². The molecule has 2 unspecified atom stereocenters. The summed E-state index contributed by atoms with van der Waals surface area (Å²) in [6, 6.07) is 0.734. The smallest absolute Gasteiger partial charge is 0.208 e. The van der Waals surface area contributed by atoms with E-state index in [0.717, 1.165) is 27.2 Å². The van der Waals surface area contributed by atoms with Crippen molar-refractivity contribution in [2.75, 3.05) is 31.8 Å². The van der Waals surface area contributed by atoms with E-state index in [1.165, 1.54) is 25.7 Å². The lowest BCUT2D eigenvalue weighted by Gasteiger charge is -2.17. The number of anilines is 1. The van der Waals surface area contributed by atoms with Crippen LogP contribution in [0, 0.1) is 5.92 Å². The summed E-state index contributed by atoms with van der Waals surface area (Å²) in [7, 11) is 6.10. The highest BCUT2D eigenvalue weighted by Crippen LogP contribution is 2.32. The third kappa shape index (κ3) is 3.59. The van der Waals surface area contributed by atoms with E-state index in [4.69, 9.17) is 0 Å². The predicted octanol–water partition coefficient (Wildman–Crippen LogP) is 2.47. The second kappa shape index (κ2) is 6.73. The molecule has 0 aliphatic heterocycles. The maximum atomic E-state index is 4.21. The molecule has 2 rings (SSSR count). The minimum atomic E-state index is 0.734. The summed E-state index contributed by atoms with van der Waals surface area (Å²) in [6.07, 6.45) is 5.39. The highest BCUT2D eigenvalue weighted by atomic mass is 32.2. The van der Waals surface area contributed by atoms with E-state index < -0.39 is 0 Å². The molecule has 1 N–H and O–H groups in total. The van der Waals surface area contributed by atoms with Crippen LogP contribution in [0.25, 0.3) is 0 Å². The summed E-state index contributed by atoms with van der Waals surface area (Å²) in [5.41, 5.74) is 0. The molecular formula is C12H22N4S2. The van der Waals surface area contributed by atoms with Gasteiger partial charge in [-0.05, 0) is 32.2 Å². The Hall–Kier alpha value is -0.330. The quantitative estimate of drug-likeness (QED) is 0.814. The second-order valence-electron chi connectivity index (χ2n) is 4.97. The second-order valence-corrected chi connectivity index (χ2v) is 7.27. The SMILES string of the molecule is CNC1CCCC1CCSc1nnc(N(C)C)s1. The minimum absolute atomic E-state index is 0.734. The Morgan fingerprint density at radius 2 is 2.22 bits per heavy atom. The highest BCUT2D eigenvalue weighted by Gasteiger charge is 2.25. The molecule has 2 atom stereocenters. The normalized spacial score (nSPS) is 23.5. The van der Waals surface area contributed by atoms with Gasteiger partial charge in [0.25, 0.3) is 0 Å². The molecule has 1 saturated carbocycles. The number of hydrogen-bond acceptors (Lipinski definition) is 6. The van der Waals surface area contributed by atoms with Crippen molar-refractivity contribution in [3.8, 4) is 0 Å².